The molecule has 0 spiro atoms. The second-order valence-electron chi connectivity index (χ2n) is 6.50. The zero-order chi connectivity index (χ0) is 15.5. The third-order valence-electron chi connectivity index (χ3n) is 4.44. The number of hydrogen-bond acceptors (Lipinski definition) is 4. The first-order valence-electron chi connectivity index (χ1n) is 7.86. The Balaban J connectivity index is 2.12. The molecule has 2 heterocycles. The minimum absolute atomic E-state index is 0.0271. The molecule has 0 aromatic heterocycles. The lowest BCUT2D eigenvalue weighted by Crippen LogP contribution is -2.63. The molecule has 6 heteroatoms. The second kappa shape index (κ2) is 6.75. The Bertz CT molecular complexity index is 398. The van der Waals surface area contributed by atoms with E-state index in [4.69, 9.17) is 4.74 Å². The quantitative estimate of drug-likeness (QED) is 0.777. The molecule has 2 atom stereocenters. The van der Waals surface area contributed by atoms with Gasteiger partial charge < -0.3 is 20.3 Å². The van der Waals surface area contributed by atoms with E-state index in [1.807, 2.05) is 6.92 Å². The second-order valence-corrected chi connectivity index (χ2v) is 6.50. The fourth-order valence-electron chi connectivity index (χ4n) is 3.18. The van der Waals surface area contributed by atoms with E-state index in [9.17, 15) is 9.59 Å². The summed E-state index contributed by atoms with van der Waals surface area (Å²) >= 11 is 0. The van der Waals surface area contributed by atoms with Gasteiger partial charge in [0.15, 0.2) is 0 Å². The molecular formula is C15H27N3O3. The first kappa shape index (κ1) is 16.2. The Morgan fingerprint density at radius 2 is 2.19 bits per heavy atom. The number of rotatable bonds is 3. The van der Waals surface area contributed by atoms with Crippen LogP contribution < -0.4 is 10.6 Å². The smallest absolute Gasteiger partial charge is 0.245 e. The van der Waals surface area contributed by atoms with Crippen LogP contribution in [0.5, 0.6) is 0 Å². The summed E-state index contributed by atoms with van der Waals surface area (Å²) < 4.78 is 5.39. The number of likely N-dealkylation sites (N-methyl/N-ethyl adjacent to an activating group) is 1. The topological polar surface area (TPSA) is 70.7 Å². The monoisotopic (exact) mass is 297 g/mol. The van der Waals surface area contributed by atoms with E-state index in [1.54, 1.807) is 4.90 Å². The van der Waals surface area contributed by atoms with E-state index in [2.05, 4.69) is 24.5 Å². The third-order valence-corrected chi connectivity index (χ3v) is 4.44. The molecule has 0 bridgehead atoms. The van der Waals surface area contributed by atoms with Crippen molar-refractivity contribution in [3.8, 4) is 0 Å². The number of nitrogens with one attached hydrogen (secondary N) is 2. The highest BCUT2D eigenvalue weighted by molar-refractivity contribution is 5.90. The summed E-state index contributed by atoms with van der Waals surface area (Å²) in [5.41, 5.74) is -0.0839. The summed E-state index contributed by atoms with van der Waals surface area (Å²) in [5.74, 6) is -0.0987. The lowest BCUT2D eigenvalue weighted by Gasteiger charge is -2.43. The van der Waals surface area contributed by atoms with Crippen molar-refractivity contribution >= 4 is 11.8 Å². The molecule has 2 rings (SSSR count). The average molecular weight is 297 g/mol. The van der Waals surface area contributed by atoms with Crippen molar-refractivity contribution in [2.75, 3.05) is 32.8 Å². The van der Waals surface area contributed by atoms with E-state index in [0.717, 1.165) is 19.4 Å². The average Bonchev–Trinajstić information content (AvgIpc) is 2.46. The van der Waals surface area contributed by atoms with Crippen molar-refractivity contribution < 1.29 is 14.3 Å². The predicted molar refractivity (Wildman–Crippen MR) is 79.8 cm³/mol. The number of morpholine rings is 1. The molecule has 2 saturated heterocycles. The maximum absolute atomic E-state index is 12.9. The lowest BCUT2D eigenvalue weighted by molar-refractivity contribution is -0.152. The van der Waals surface area contributed by atoms with E-state index in [-0.39, 0.29) is 29.9 Å². The van der Waals surface area contributed by atoms with Gasteiger partial charge in [-0.15, -0.1) is 0 Å². The molecule has 0 radical (unpaired) electrons. The summed E-state index contributed by atoms with van der Waals surface area (Å²) in [7, 11) is 0. The minimum atomic E-state index is -0.509. The van der Waals surface area contributed by atoms with Crippen molar-refractivity contribution in [2.24, 2.45) is 5.41 Å². The number of hydrogen-bond donors (Lipinski definition) is 2. The first-order chi connectivity index (χ1) is 9.97. The third kappa shape index (κ3) is 3.55. The van der Waals surface area contributed by atoms with Crippen molar-refractivity contribution in [1.82, 2.24) is 15.5 Å². The summed E-state index contributed by atoms with van der Waals surface area (Å²) in [6.07, 6.45) is 2.10. The van der Waals surface area contributed by atoms with Crippen molar-refractivity contribution in [3.05, 3.63) is 0 Å². The molecule has 0 aromatic carbocycles. The van der Waals surface area contributed by atoms with Crippen molar-refractivity contribution in [1.29, 1.82) is 0 Å². The summed E-state index contributed by atoms with van der Waals surface area (Å²) in [5, 5.41) is 6.12. The van der Waals surface area contributed by atoms with Crippen LogP contribution in [0.15, 0.2) is 0 Å². The standard InChI is InChI=1S/C15H27N3O3/c1-4-16-13(19)11-10-21-9-8-18(11)14(20)12-15(2,3)6-5-7-17-12/h11-12,17H,4-10H2,1-3H3,(H,16,19). The normalized spacial score (nSPS) is 29.0. The molecule has 2 N–H and O–H groups in total. The molecule has 2 amide bonds. The van der Waals surface area contributed by atoms with Gasteiger partial charge in [-0.25, -0.2) is 0 Å². The maximum Gasteiger partial charge on any atom is 0.245 e. The zero-order valence-electron chi connectivity index (χ0n) is 13.3. The fraction of sp³-hybridized carbons (Fsp3) is 0.867. The molecule has 6 nitrogen and oxygen atoms in total. The SMILES string of the molecule is CCNC(=O)C1COCCN1C(=O)C1NCCCC1(C)C. The molecular weight excluding hydrogens is 270 g/mol. The maximum atomic E-state index is 12.9. The summed E-state index contributed by atoms with van der Waals surface area (Å²) in [6.45, 7) is 8.78. The van der Waals surface area contributed by atoms with Crippen LogP contribution in [0.4, 0.5) is 0 Å². The van der Waals surface area contributed by atoms with Gasteiger partial charge >= 0.3 is 0 Å². The van der Waals surface area contributed by atoms with Crippen molar-refractivity contribution in [3.63, 3.8) is 0 Å². The Kier molecular flexibility index (Phi) is 5.22. The first-order valence-corrected chi connectivity index (χ1v) is 7.86. The van der Waals surface area contributed by atoms with Crippen LogP contribution in [0.3, 0.4) is 0 Å². The van der Waals surface area contributed by atoms with Gasteiger partial charge in [0, 0.05) is 13.1 Å². The van der Waals surface area contributed by atoms with Gasteiger partial charge in [0.1, 0.15) is 6.04 Å². The highest BCUT2D eigenvalue weighted by Gasteiger charge is 2.42. The molecule has 0 aromatic rings. The zero-order valence-corrected chi connectivity index (χ0v) is 13.3. The van der Waals surface area contributed by atoms with Gasteiger partial charge in [0.05, 0.1) is 19.3 Å². The van der Waals surface area contributed by atoms with E-state index in [0.29, 0.717) is 19.7 Å². The Morgan fingerprint density at radius 1 is 1.43 bits per heavy atom. The summed E-state index contributed by atoms with van der Waals surface area (Å²) in [4.78, 5) is 26.8. The van der Waals surface area contributed by atoms with Gasteiger partial charge in [-0.05, 0) is 31.7 Å². The number of amides is 2. The fourth-order valence-corrected chi connectivity index (χ4v) is 3.18. The molecule has 2 unspecified atom stereocenters. The van der Waals surface area contributed by atoms with Crippen LogP contribution in [-0.4, -0.2) is 61.6 Å². The number of ether oxygens (including phenoxy) is 1. The Morgan fingerprint density at radius 3 is 2.86 bits per heavy atom. The van der Waals surface area contributed by atoms with Crippen LogP contribution in [0, 0.1) is 5.41 Å². The van der Waals surface area contributed by atoms with Crippen LogP contribution in [0.2, 0.25) is 0 Å². The van der Waals surface area contributed by atoms with E-state index >= 15 is 0 Å². The van der Waals surface area contributed by atoms with Gasteiger partial charge in [-0.3, -0.25) is 9.59 Å². The molecule has 2 aliphatic rings. The number of carbonyl (C=O) groups excluding carboxylic acids is 2. The minimum Gasteiger partial charge on any atom is -0.377 e. The Hall–Kier alpha value is -1.14. The van der Waals surface area contributed by atoms with Gasteiger partial charge in [-0.2, -0.15) is 0 Å². The molecule has 120 valence electrons. The largest absolute Gasteiger partial charge is 0.377 e. The lowest BCUT2D eigenvalue weighted by atomic mass is 9.77. The number of carbonyl (C=O) groups is 2. The van der Waals surface area contributed by atoms with E-state index in [1.165, 1.54) is 0 Å². The summed E-state index contributed by atoms with van der Waals surface area (Å²) in [6, 6.07) is -0.730. The van der Waals surface area contributed by atoms with Gasteiger partial charge in [0.25, 0.3) is 0 Å². The highest BCUT2D eigenvalue weighted by Crippen LogP contribution is 2.31. The molecule has 2 fully saturated rings. The number of piperidine rings is 1. The predicted octanol–water partition coefficient (Wildman–Crippen LogP) is 0.128. The molecule has 0 aliphatic carbocycles. The molecule has 21 heavy (non-hydrogen) atoms. The van der Waals surface area contributed by atoms with Crippen LogP contribution in [0.25, 0.3) is 0 Å². The van der Waals surface area contributed by atoms with Crippen LogP contribution in [-0.2, 0) is 14.3 Å². The highest BCUT2D eigenvalue weighted by atomic mass is 16.5. The van der Waals surface area contributed by atoms with Crippen molar-refractivity contribution in [2.45, 2.75) is 45.7 Å². The molecule has 2 aliphatic heterocycles. The van der Waals surface area contributed by atoms with Crippen LogP contribution >= 0.6 is 0 Å². The molecule has 0 saturated carbocycles. The van der Waals surface area contributed by atoms with E-state index < -0.39 is 6.04 Å². The Labute approximate surface area is 126 Å². The number of nitrogens with zero attached hydrogens (tertiary/aromatic N) is 1. The van der Waals surface area contributed by atoms with Gasteiger partial charge in [0.2, 0.25) is 11.8 Å². The van der Waals surface area contributed by atoms with Crippen LogP contribution in [0.1, 0.15) is 33.6 Å². The van der Waals surface area contributed by atoms with Gasteiger partial charge in [-0.1, -0.05) is 13.8 Å².